The summed E-state index contributed by atoms with van der Waals surface area (Å²) in [5.41, 5.74) is 2.59. The standard InChI is InChI=1S/C21H16N2O/c1-15-7-2-5-12-20(15)23-21(24)18(14-22)13-17-10-6-9-16-8-3-4-11-19(16)17/h2-13H,1H3,(H,23,24). The maximum absolute atomic E-state index is 12.4. The number of fused-ring (bicyclic) bond motifs is 1. The van der Waals surface area contributed by atoms with Gasteiger partial charge in [0.2, 0.25) is 0 Å². The molecule has 24 heavy (non-hydrogen) atoms. The summed E-state index contributed by atoms with van der Waals surface area (Å²) in [6.45, 7) is 1.91. The van der Waals surface area contributed by atoms with Crippen LogP contribution in [0.1, 0.15) is 11.1 Å². The third kappa shape index (κ3) is 3.18. The Kier molecular flexibility index (Phi) is 4.40. The van der Waals surface area contributed by atoms with Crippen LogP contribution in [0.25, 0.3) is 16.8 Å². The number of nitrogens with zero attached hydrogens (tertiary/aromatic N) is 1. The molecular formula is C21H16N2O. The Labute approximate surface area is 140 Å². The second-order valence-corrected chi connectivity index (χ2v) is 5.51. The van der Waals surface area contributed by atoms with Gasteiger partial charge in [0.1, 0.15) is 11.6 Å². The molecule has 3 heteroatoms. The number of hydrogen-bond acceptors (Lipinski definition) is 2. The van der Waals surface area contributed by atoms with Crippen molar-refractivity contribution in [2.75, 3.05) is 5.32 Å². The molecular weight excluding hydrogens is 296 g/mol. The monoisotopic (exact) mass is 312 g/mol. The molecule has 0 bridgehead atoms. The van der Waals surface area contributed by atoms with Crippen molar-refractivity contribution < 1.29 is 4.79 Å². The lowest BCUT2D eigenvalue weighted by molar-refractivity contribution is -0.112. The number of para-hydroxylation sites is 1. The van der Waals surface area contributed by atoms with Crippen LogP contribution in [0.4, 0.5) is 5.69 Å². The van der Waals surface area contributed by atoms with E-state index in [0.29, 0.717) is 5.69 Å². The zero-order valence-electron chi connectivity index (χ0n) is 13.3. The van der Waals surface area contributed by atoms with Gasteiger partial charge in [-0.1, -0.05) is 60.7 Å². The molecule has 3 rings (SSSR count). The van der Waals surface area contributed by atoms with Crippen molar-refractivity contribution in [3.05, 3.63) is 83.4 Å². The van der Waals surface area contributed by atoms with E-state index in [1.54, 1.807) is 6.08 Å². The molecule has 0 aromatic heterocycles. The van der Waals surface area contributed by atoms with Crippen molar-refractivity contribution in [3.63, 3.8) is 0 Å². The minimum atomic E-state index is -0.403. The van der Waals surface area contributed by atoms with Crippen molar-refractivity contribution >= 4 is 28.4 Å². The minimum Gasteiger partial charge on any atom is -0.321 e. The summed E-state index contributed by atoms with van der Waals surface area (Å²) in [4.78, 5) is 12.4. The number of aryl methyl sites for hydroxylation is 1. The predicted octanol–water partition coefficient (Wildman–Crippen LogP) is 4.69. The summed E-state index contributed by atoms with van der Waals surface area (Å²) in [5, 5.41) is 14.3. The molecule has 3 nitrogen and oxygen atoms in total. The van der Waals surface area contributed by atoms with E-state index >= 15 is 0 Å². The van der Waals surface area contributed by atoms with Crippen LogP contribution in [-0.4, -0.2) is 5.91 Å². The molecule has 0 aliphatic carbocycles. The highest BCUT2D eigenvalue weighted by Crippen LogP contribution is 2.21. The van der Waals surface area contributed by atoms with Gasteiger partial charge < -0.3 is 5.32 Å². The first-order valence-corrected chi connectivity index (χ1v) is 7.65. The molecule has 1 amide bonds. The van der Waals surface area contributed by atoms with Gasteiger partial charge in [0.15, 0.2) is 0 Å². The summed E-state index contributed by atoms with van der Waals surface area (Å²) in [6.07, 6.45) is 1.63. The highest BCUT2D eigenvalue weighted by atomic mass is 16.1. The summed E-state index contributed by atoms with van der Waals surface area (Å²) in [7, 11) is 0. The van der Waals surface area contributed by atoms with Crippen molar-refractivity contribution in [1.82, 2.24) is 0 Å². The summed E-state index contributed by atoms with van der Waals surface area (Å²) in [5.74, 6) is -0.403. The number of rotatable bonds is 3. The van der Waals surface area contributed by atoms with E-state index in [4.69, 9.17) is 0 Å². The van der Waals surface area contributed by atoms with Crippen LogP contribution in [0, 0.1) is 18.3 Å². The van der Waals surface area contributed by atoms with Gasteiger partial charge in [0.05, 0.1) is 0 Å². The minimum absolute atomic E-state index is 0.0783. The van der Waals surface area contributed by atoms with E-state index in [0.717, 1.165) is 21.9 Å². The first-order valence-electron chi connectivity index (χ1n) is 7.65. The van der Waals surface area contributed by atoms with Crippen LogP contribution >= 0.6 is 0 Å². The lowest BCUT2D eigenvalue weighted by Crippen LogP contribution is -2.14. The van der Waals surface area contributed by atoms with Gasteiger partial charge in [-0.05, 0) is 41.0 Å². The SMILES string of the molecule is Cc1ccccc1NC(=O)C(C#N)=Cc1cccc2ccccc12. The van der Waals surface area contributed by atoms with Gasteiger partial charge >= 0.3 is 0 Å². The average Bonchev–Trinajstić information content (AvgIpc) is 2.61. The Bertz CT molecular complexity index is 975. The quantitative estimate of drug-likeness (QED) is 0.563. The normalized spacial score (nSPS) is 11.1. The predicted molar refractivity (Wildman–Crippen MR) is 97.3 cm³/mol. The molecule has 0 heterocycles. The van der Waals surface area contributed by atoms with E-state index in [9.17, 15) is 10.1 Å². The molecule has 0 saturated heterocycles. The lowest BCUT2D eigenvalue weighted by atomic mass is 10.0. The molecule has 0 unspecified atom stereocenters. The molecule has 0 aliphatic heterocycles. The lowest BCUT2D eigenvalue weighted by Gasteiger charge is -2.08. The fourth-order valence-electron chi connectivity index (χ4n) is 2.58. The van der Waals surface area contributed by atoms with Gasteiger partial charge in [-0.25, -0.2) is 0 Å². The van der Waals surface area contributed by atoms with E-state index in [2.05, 4.69) is 5.32 Å². The number of nitriles is 1. The molecule has 0 atom stereocenters. The molecule has 116 valence electrons. The summed E-state index contributed by atoms with van der Waals surface area (Å²) >= 11 is 0. The number of nitrogens with one attached hydrogen (secondary N) is 1. The van der Waals surface area contributed by atoms with Crippen molar-refractivity contribution in [2.24, 2.45) is 0 Å². The Morgan fingerprint density at radius 1 is 1.00 bits per heavy atom. The Balaban J connectivity index is 1.96. The summed E-state index contributed by atoms with van der Waals surface area (Å²) < 4.78 is 0. The van der Waals surface area contributed by atoms with E-state index in [1.807, 2.05) is 79.7 Å². The average molecular weight is 312 g/mol. The molecule has 0 spiro atoms. The zero-order chi connectivity index (χ0) is 16.9. The smallest absolute Gasteiger partial charge is 0.266 e. The number of amides is 1. The van der Waals surface area contributed by atoms with Gasteiger partial charge in [-0.15, -0.1) is 0 Å². The second-order valence-electron chi connectivity index (χ2n) is 5.51. The first kappa shape index (κ1) is 15.5. The zero-order valence-corrected chi connectivity index (χ0v) is 13.3. The molecule has 3 aromatic carbocycles. The molecule has 0 saturated carbocycles. The number of benzene rings is 3. The first-order chi connectivity index (χ1) is 11.7. The van der Waals surface area contributed by atoms with Crippen LogP contribution in [0.5, 0.6) is 0 Å². The van der Waals surface area contributed by atoms with E-state index in [-0.39, 0.29) is 5.57 Å². The highest BCUT2D eigenvalue weighted by Gasteiger charge is 2.11. The molecule has 1 N–H and O–H groups in total. The van der Waals surface area contributed by atoms with Gasteiger partial charge in [-0.3, -0.25) is 4.79 Å². The van der Waals surface area contributed by atoms with Gasteiger partial charge in [0.25, 0.3) is 5.91 Å². The van der Waals surface area contributed by atoms with Gasteiger partial charge in [0, 0.05) is 5.69 Å². The molecule has 0 fully saturated rings. The van der Waals surface area contributed by atoms with Crippen LogP contribution in [-0.2, 0) is 4.79 Å². The number of hydrogen-bond donors (Lipinski definition) is 1. The highest BCUT2D eigenvalue weighted by molar-refractivity contribution is 6.11. The van der Waals surface area contributed by atoms with E-state index in [1.165, 1.54) is 0 Å². The Morgan fingerprint density at radius 2 is 1.71 bits per heavy atom. The van der Waals surface area contributed by atoms with E-state index < -0.39 is 5.91 Å². The maximum atomic E-state index is 12.4. The number of anilines is 1. The number of carbonyl (C=O) groups excluding carboxylic acids is 1. The third-order valence-corrected chi connectivity index (χ3v) is 3.88. The second kappa shape index (κ2) is 6.80. The Morgan fingerprint density at radius 3 is 2.50 bits per heavy atom. The topological polar surface area (TPSA) is 52.9 Å². The summed E-state index contributed by atoms with van der Waals surface area (Å²) in [6, 6.07) is 23.2. The van der Waals surface area contributed by atoms with Crippen molar-refractivity contribution in [2.45, 2.75) is 6.92 Å². The third-order valence-electron chi connectivity index (χ3n) is 3.88. The number of carbonyl (C=O) groups is 1. The van der Waals surface area contributed by atoms with Crippen LogP contribution in [0.3, 0.4) is 0 Å². The van der Waals surface area contributed by atoms with Crippen molar-refractivity contribution in [1.29, 1.82) is 5.26 Å². The maximum Gasteiger partial charge on any atom is 0.266 e. The van der Waals surface area contributed by atoms with Gasteiger partial charge in [-0.2, -0.15) is 5.26 Å². The van der Waals surface area contributed by atoms with Crippen molar-refractivity contribution in [3.8, 4) is 6.07 Å². The Hall–Kier alpha value is -3.38. The molecule has 0 radical (unpaired) electrons. The fourth-order valence-corrected chi connectivity index (χ4v) is 2.58. The fraction of sp³-hybridized carbons (Fsp3) is 0.0476. The molecule has 3 aromatic rings. The largest absolute Gasteiger partial charge is 0.321 e. The van der Waals surface area contributed by atoms with Crippen LogP contribution < -0.4 is 5.32 Å². The molecule has 0 aliphatic rings. The van der Waals surface area contributed by atoms with Crippen LogP contribution in [0.2, 0.25) is 0 Å². The van der Waals surface area contributed by atoms with Crippen LogP contribution in [0.15, 0.2) is 72.3 Å².